The molecule has 8 heteroatoms. The number of rotatable bonds is 6. The number of carbonyl (C=O) groups is 3. The minimum Gasteiger partial charge on any atom is -0.480 e. The van der Waals surface area contributed by atoms with Gasteiger partial charge in [-0.25, -0.2) is 4.98 Å². The van der Waals surface area contributed by atoms with Crippen molar-refractivity contribution in [1.82, 2.24) is 10.3 Å². The van der Waals surface area contributed by atoms with E-state index in [4.69, 9.17) is 14.6 Å². The van der Waals surface area contributed by atoms with E-state index in [1.165, 1.54) is 0 Å². The predicted molar refractivity (Wildman–Crippen MR) is 118 cm³/mol. The van der Waals surface area contributed by atoms with Gasteiger partial charge in [0.05, 0.1) is 5.41 Å². The fourth-order valence-corrected chi connectivity index (χ4v) is 2.86. The molecule has 0 bridgehead atoms. The molecule has 0 unspecified atom stereocenters. The average Bonchev–Trinajstić information content (AvgIpc) is 2.73. The van der Waals surface area contributed by atoms with Gasteiger partial charge in [-0.15, -0.1) is 0 Å². The van der Waals surface area contributed by atoms with Crippen LogP contribution in [0.25, 0.3) is 10.8 Å². The first-order chi connectivity index (χ1) is 15.1. The zero-order valence-electron chi connectivity index (χ0n) is 18.3. The van der Waals surface area contributed by atoms with Crippen LogP contribution in [0.5, 0.6) is 17.2 Å². The van der Waals surface area contributed by atoms with E-state index in [1.807, 2.05) is 30.3 Å². The summed E-state index contributed by atoms with van der Waals surface area (Å²) >= 11 is 0. The van der Waals surface area contributed by atoms with Gasteiger partial charge in [0, 0.05) is 16.5 Å². The Balaban J connectivity index is 2.10. The van der Waals surface area contributed by atoms with Crippen molar-refractivity contribution < 1.29 is 29.0 Å². The Labute approximate surface area is 185 Å². The fourth-order valence-electron chi connectivity index (χ4n) is 2.86. The van der Waals surface area contributed by atoms with E-state index in [0.717, 1.165) is 0 Å². The highest BCUT2D eigenvalue weighted by molar-refractivity contribution is 6.04. The van der Waals surface area contributed by atoms with Gasteiger partial charge in [0.15, 0.2) is 11.4 Å². The number of aliphatic carboxylic acids is 1. The Morgan fingerprint density at radius 3 is 2.31 bits per heavy atom. The van der Waals surface area contributed by atoms with Crippen LogP contribution < -0.4 is 14.8 Å². The molecule has 0 saturated heterocycles. The molecule has 32 heavy (non-hydrogen) atoms. The number of esters is 1. The Morgan fingerprint density at radius 2 is 1.69 bits per heavy atom. The lowest BCUT2D eigenvalue weighted by atomic mass is 9.97. The first kappa shape index (κ1) is 22.7. The number of benzene rings is 2. The molecule has 0 radical (unpaired) electrons. The van der Waals surface area contributed by atoms with Crippen molar-refractivity contribution in [2.45, 2.75) is 27.7 Å². The van der Waals surface area contributed by atoms with Gasteiger partial charge in [-0.1, -0.05) is 18.2 Å². The monoisotopic (exact) mass is 436 g/mol. The number of pyridine rings is 1. The third kappa shape index (κ3) is 5.21. The van der Waals surface area contributed by atoms with Crippen LogP contribution in [0.4, 0.5) is 0 Å². The number of hydrogen-bond acceptors (Lipinski definition) is 6. The zero-order valence-corrected chi connectivity index (χ0v) is 18.3. The Kier molecular flexibility index (Phi) is 6.43. The number of aromatic nitrogens is 1. The quantitative estimate of drug-likeness (QED) is 0.559. The molecular formula is C24H24N2O6. The summed E-state index contributed by atoms with van der Waals surface area (Å²) in [6.07, 6.45) is 0. The van der Waals surface area contributed by atoms with Gasteiger partial charge >= 0.3 is 11.9 Å². The fraction of sp³-hybridized carbons (Fsp3) is 0.250. The molecule has 1 heterocycles. The van der Waals surface area contributed by atoms with E-state index in [9.17, 15) is 14.4 Å². The Bertz CT molecular complexity index is 1180. The largest absolute Gasteiger partial charge is 0.480 e. The van der Waals surface area contributed by atoms with Crippen LogP contribution in [-0.2, 0) is 9.59 Å². The highest BCUT2D eigenvalue weighted by atomic mass is 16.5. The van der Waals surface area contributed by atoms with E-state index >= 15 is 0 Å². The summed E-state index contributed by atoms with van der Waals surface area (Å²) in [5.41, 5.74) is -0.498. The smallest absolute Gasteiger partial charge is 0.322 e. The maximum atomic E-state index is 12.7. The van der Waals surface area contributed by atoms with E-state index in [1.54, 1.807) is 45.9 Å². The summed E-state index contributed by atoms with van der Waals surface area (Å²) in [5, 5.41) is 12.3. The molecule has 3 rings (SSSR count). The average molecular weight is 436 g/mol. The van der Waals surface area contributed by atoms with E-state index < -0.39 is 29.8 Å². The number of nitrogens with zero attached hydrogens (tertiary/aromatic N) is 1. The molecule has 3 aromatic rings. The number of ether oxygens (including phenoxy) is 2. The van der Waals surface area contributed by atoms with Gasteiger partial charge in [0.2, 0.25) is 0 Å². The molecule has 0 aliphatic carbocycles. The number of carboxylic acid groups (broad SMARTS) is 1. The molecule has 166 valence electrons. The van der Waals surface area contributed by atoms with Crippen LogP contribution in [-0.4, -0.2) is 34.5 Å². The molecule has 0 atom stereocenters. The van der Waals surface area contributed by atoms with Crippen LogP contribution in [0.2, 0.25) is 0 Å². The molecule has 0 spiro atoms. The zero-order chi connectivity index (χ0) is 23.5. The summed E-state index contributed by atoms with van der Waals surface area (Å²) in [7, 11) is 0. The molecule has 1 aromatic heterocycles. The summed E-state index contributed by atoms with van der Waals surface area (Å²) < 4.78 is 11.5. The highest BCUT2D eigenvalue weighted by Crippen LogP contribution is 2.35. The minimum absolute atomic E-state index is 0.0281. The van der Waals surface area contributed by atoms with Gasteiger partial charge in [0.25, 0.3) is 5.91 Å². The maximum Gasteiger partial charge on any atom is 0.322 e. The third-order valence-corrected chi connectivity index (χ3v) is 4.52. The van der Waals surface area contributed by atoms with Crippen molar-refractivity contribution in [3.63, 3.8) is 0 Å². The van der Waals surface area contributed by atoms with E-state index in [0.29, 0.717) is 28.0 Å². The minimum atomic E-state index is -1.20. The molecule has 0 aliphatic rings. The summed E-state index contributed by atoms with van der Waals surface area (Å²) in [6.45, 7) is 6.19. The van der Waals surface area contributed by atoms with Crippen molar-refractivity contribution >= 4 is 28.6 Å². The summed E-state index contributed by atoms with van der Waals surface area (Å²) in [4.78, 5) is 40.4. The molecule has 2 N–H and O–H groups in total. The summed E-state index contributed by atoms with van der Waals surface area (Å²) in [6, 6.07) is 14.4. The van der Waals surface area contributed by atoms with Gasteiger partial charge in [-0.05, 0) is 58.0 Å². The molecule has 1 amide bonds. The van der Waals surface area contributed by atoms with Crippen molar-refractivity contribution in [1.29, 1.82) is 0 Å². The number of carboxylic acids is 1. The molecular weight excluding hydrogens is 412 g/mol. The molecule has 0 aliphatic heterocycles. The Hall–Kier alpha value is -3.94. The van der Waals surface area contributed by atoms with Gasteiger partial charge < -0.3 is 19.9 Å². The Morgan fingerprint density at radius 1 is 1.00 bits per heavy atom. The number of carbonyl (C=O) groups excluding carboxylic acids is 2. The first-order valence-electron chi connectivity index (χ1n) is 9.96. The molecule has 8 nitrogen and oxygen atoms in total. The lowest BCUT2D eigenvalue weighted by molar-refractivity contribution is -0.143. The van der Waals surface area contributed by atoms with Gasteiger partial charge in [-0.3, -0.25) is 14.4 Å². The molecule has 2 aromatic carbocycles. The van der Waals surface area contributed by atoms with Crippen molar-refractivity contribution in [2.75, 3.05) is 6.54 Å². The van der Waals surface area contributed by atoms with Crippen LogP contribution in [0.1, 0.15) is 37.0 Å². The predicted octanol–water partition coefficient (Wildman–Crippen LogP) is 4.10. The number of fused-ring (bicyclic) bond motifs is 1. The second kappa shape index (κ2) is 9.05. The van der Waals surface area contributed by atoms with Crippen molar-refractivity contribution in [2.24, 2.45) is 5.41 Å². The van der Waals surface area contributed by atoms with Crippen LogP contribution >= 0.6 is 0 Å². The number of nitrogens with one attached hydrogen (secondary N) is 1. The van der Waals surface area contributed by atoms with Crippen LogP contribution in [0, 0.1) is 12.3 Å². The number of hydrogen-bond donors (Lipinski definition) is 2. The van der Waals surface area contributed by atoms with Gasteiger partial charge in [-0.2, -0.15) is 0 Å². The van der Waals surface area contributed by atoms with Crippen molar-refractivity contribution in [3.05, 3.63) is 59.9 Å². The van der Waals surface area contributed by atoms with Gasteiger partial charge in [0.1, 0.15) is 18.0 Å². The summed E-state index contributed by atoms with van der Waals surface area (Å²) in [5.74, 6) is -1.34. The maximum absolute atomic E-state index is 12.7. The van der Waals surface area contributed by atoms with E-state index in [2.05, 4.69) is 10.3 Å². The number of aryl methyl sites for hydroxylation is 1. The van der Waals surface area contributed by atoms with E-state index in [-0.39, 0.29) is 11.4 Å². The van der Waals surface area contributed by atoms with Crippen LogP contribution in [0.3, 0.4) is 0 Å². The van der Waals surface area contributed by atoms with Crippen molar-refractivity contribution in [3.8, 4) is 17.2 Å². The lowest BCUT2D eigenvalue weighted by Crippen LogP contribution is -2.32. The third-order valence-electron chi connectivity index (χ3n) is 4.52. The highest BCUT2D eigenvalue weighted by Gasteiger charge is 2.28. The molecule has 0 fully saturated rings. The lowest BCUT2D eigenvalue weighted by Gasteiger charge is -2.20. The second-order valence-electron chi connectivity index (χ2n) is 8.21. The molecule has 0 saturated carbocycles. The topological polar surface area (TPSA) is 115 Å². The number of para-hydroxylation sites is 1. The van der Waals surface area contributed by atoms with Crippen LogP contribution in [0.15, 0.2) is 48.5 Å². The number of amides is 1. The SMILES string of the molecule is Cc1nc(C(=O)NCC(=O)O)c(OC(=O)C(C)(C)C)c2ccc(Oc3ccccc3)cc12. The first-order valence-corrected chi connectivity index (χ1v) is 9.96. The normalized spacial score (nSPS) is 11.1. The standard InChI is InChI=1S/C24H24N2O6/c1-14-18-12-16(31-15-8-6-5-7-9-15)10-11-17(18)21(32-23(30)24(2,3)4)20(26-14)22(29)25-13-19(27)28/h5-12H,13H2,1-4H3,(H,25,29)(H,27,28). The second-order valence-corrected chi connectivity index (χ2v) is 8.21.